The molecule has 0 aliphatic rings. The lowest BCUT2D eigenvalue weighted by Gasteiger charge is -2.31. The van der Waals surface area contributed by atoms with Crippen molar-refractivity contribution >= 4 is 16.4 Å². The Kier molecular flexibility index (Phi) is 8.46. The highest BCUT2D eigenvalue weighted by molar-refractivity contribution is 6.76. The molecule has 0 atom stereocenters. The van der Waals surface area contributed by atoms with Gasteiger partial charge in [0.15, 0.2) is 8.32 Å². The normalized spacial score (nSPS) is 13.9. The first kappa shape index (κ1) is 21.7. The van der Waals surface area contributed by atoms with Crippen LogP contribution in [0.5, 0.6) is 0 Å². The second-order valence-corrected chi connectivity index (χ2v) is 19.5. The van der Waals surface area contributed by atoms with Gasteiger partial charge in [0, 0.05) is 8.07 Å². The molecule has 0 rings (SSSR count). The van der Waals surface area contributed by atoms with Gasteiger partial charge in [-0.1, -0.05) is 53.4 Å². The highest BCUT2D eigenvalue weighted by atomic mass is 28.4. The SMILES string of the molecule is CC(C)(C)C[Si](C)(C)C.CCC(C)(C)O[Si](C)(C)C. The van der Waals surface area contributed by atoms with Crippen molar-refractivity contribution < 1.29 is 4.43 Å². The number of rotatable bonds is 4. The molecule has 0 fully saturated rings. The van der Waals surface area contributed by atoms with Crippen molar-refractivity contribution in [2.75, 3.05) is 0 Å². The van der Waals surface area contributed by atoms with E-state index in [4.69, 9.17) is 4.43 Å². The molecule has 0 amide bonds. The second kappa shape index (κ2) is 7.42. The topological polar surface area (TPSA) is 9.23 Å². The maximum Gasteiger partial charge on any atom is 0.184 e. The van der Waals surface area contributed by atoms with Crippen molar-refractivity contribution in [1.82, 2.24) is 0 Å². The van der Waals surface area contributed by atoms with E-state index >= 15 is 0 Å². The van der Waals surface area contributed by atoms with Crippen molar-refractivity contribution in [2.24, 2.45) is 5.41 Å². The van der Waals surface area contributed by atoms with Crippen LogP contribution in [0, 0.1) is 5.41 Å². The molecule has 0 aromatic carbocycles. The van der Waals surface area contributed by atoms with Gasteiger partial charge in [-0.25, -0.2) is 0 Å². The minimum atomic E-state index is -1.31. The second-order valence-electron chi connectivity index (χ2n) is 9.63. The van der Waals surface area contributed by atoms with Crippen LogP contribution in [0.3, 0.4) is 0 Å². The fourth-order valence-corrected chi connectivity index (χ4v) is 7.48. The van der Waals surface area contributed by atoms with Crippen LogP contribution >= 0.6 is 0 Å². The van der Waals surface area contributed by atoms with Crippen molar-refractivity contribution in [1.29, 1.82) is 0 Å². The Morgan fingerprint density at radius 1 is 0.789 bits per heavy atom. The quantitative estimate of drug-likeness (QED) is 0.546. The smallest absolute Gasteiger partial charge is 0.184 e. The summed E-state index contributed by atoms with van der Waals surface area (Å²) in [6.45, 7) is 27.4. The van der Waals surface area contributed by atoms with Gasteiger partial charge in [-0.2, -0.15) is 0 Å². The van der Waals surface area contributed by atoms with E-state index in [1.165, 1.54) is 6.04 Å². The number of hydrogen-bond donors (Lipinski definition) is 0. The molecule has 0 N–H and O–H groups in total. The van der Waals surface area contributed by atoms with Crippen molar-refractivity contribution in [3.8, 4) is 0 Å². The van der Waals surface area contributed by atoms with Gasteiger partial charge < -0.3 is 4.43 Å². The van der Waals surface area contributed by atoms with E-state index in [-0.39, 0.29) is 5.60 Å². The first-order valence-electron chi connectivity index (χ1n) is 7.68. The summed E-state index contributed by atoms with van der Waals surface area (Å²) in [5.41, 5.74) is 0.634. The van der Waals surface area contributed by atoms with E-state index in [2.05, 4.69) is 80.8 Å². The molecule has 0 aromatic heterocycles. The minimum absolute atomic E-state index is 0.0878. The Labute approximate surface area is 125 Å². The first-order valence-corrected chi connectivity index (χ1v) is 14.8. The zero-order chi connectivity index (χ0) is 16.1. The molecular weight excluding hydrogens is 264 g/mol. The van der Waals surface area contributed by atoms with Crippen LogP contribution in [0.15, 0.2) is 0 Å². The average molecular weight is 305 g/mol. The average Bonchev–Trinajstić information content (AvgIpc) is 1.93. The molecule has 118 valence electrons. The molecule has 0 aromatic rings. The monoisotopic (exact) mass is 304 g/mol. The highest BCUT2D eigenvalue weighted by Gasteiger charge is 2.25. The van der Waals surface area contributed by atoms with Gasteiger partial charge in [0.25, 0.3) is 0 Å². The summed E-state index contributed by atoms with van der Waals surface area (Å²) in [6.07, 6.45) is 1.09. The van der Waals surface area contributed by atoms with Gasteiger partial charge in [0.2, 0.25) is 0 Å². The molecule has 19 heavy (non-hydrogen) atoms. The van der Waals surface area contributed by atoms with Crippen LogP contribution in [0.4, 0.5) is 0 Å². The third-order valence-electron chi connectivity index (χ3n) is 2.49. The molecule has 0 aliphatic heterocycles. The lowest BCUT2D eigenvalue weighted by atomic mass is 10.0. The zero-order valence-electron chi connectivity index (χ0n) is 15.8. The largest absolute Gasteiger partial charge is 0.413 e. The van der Waals surface area contributed by atoms with Crippen LogP contribution in [-0.4, -0.2) is 22.0 Å². The lowest BCUT2D eigenvalue weighted by molar-refractivity contribution is 0.0969. The first-order chi connectivity index (χ1) is 7.97. The summed E-state index contributed by atoms with van der Waals surface area (Å²) in [5, 5.41) is 0. The Morgan fingerprint density at radius 2 is 1.16 bits per heavy atom. The fraction of sp³-hybridized carbons (Fsp3) is 1.00. The standard InChI is InChI=1S/C8H20OSi.C8H20Si/c1-7-8(2,3)9-10(4,5)6;1-8(2,3)7-9(4,5)6/h7H2,1-6H3;7H2,1-6H3. The molecule has 0 saturated carbocycles. The van der Waals surface area contributed by atoms with Crippen LogP contribution in [0.1, 0.15) is 48.0 Å². The van der Waals surface area contributed by atoms with Crippen LogP contribution in [0.25, 0.3) is 0 Å². The van der Waals surface area contributed by atoms with Gasteiger partial charge in [-0.3, -0.25) is 0 Å². The van der Waals surface area contributed by atoms with Gasteiger partial charge in [-0.05, 0) is 45.3 Å². The molecule has 0 saturated heterocycles. The molecule has 0 spiro atoms. The molecule has 0 unspecified atom stereocenters. The van der Waals surface area contributed by atoms with E-state index in [1.807, 2.05) is 0 Å². The van der Waals surface area contributed by atoms with Crippen molar-refractivity contribution in [3.63, 3.8) is 0 Å². The summed E-state index contributed by atoms with van der Waals surface area (Å²) < 4.78 is 5.91. The summed E-state index contributed by atoms with van der Waals surface area (Å²) in [6, 6.07) is 1.43. The maximum absolute atomic E-state index is 5.91. The van der Waals surface area contributed by atoms with Crippen LogP contribution in [-0.2, 0) is 4.43 Å². The fourth-order valence-electron chi connectivity index (χ4n) is 2.49. The van der Waals surface area contributed by atoms with E-state index in [0.717, 1.165) is 6.42 Å². The summed E-state index contributed by atoms with van der Waals surface area (Å²) in [5.74, 6) is 0. The molecule has 0 radical (unpaired) electrons. The molecule has 1 nitrogen and oxygen atoms in total. The van der Waals surface area contributed by atoms with E-state index in [1.54, 1.807) is 0 Å². The lowest BCUT2D eigenvalue weighted by Crippen LogP contribution is -2.37. The Balaban J connectivity index is 0. The molecule has 3 heteroatoms. The molecule has 0 heterocycles. The third-order valence-corrected chi connectivity index (χ3v) is 5.78. The van der Waals surface area contributed by atoms with Crippen molar-refractivity contribution in [2.45, 2.75) is 98.9 Å². The van der Waals surface area contributed by atoms with E-state index < -0.39 is 16.4 Å². The molecule has 0 bridgehead atoms. The van der Waals surface area contributed by atoms with Gasteiger partial charge in [-0.15, -0.1) is 0 Å². The summed E-state index contributed by atoms with van der Waals surface area (Å²) in [4.78, 5) is 0. The predicted octanol–water partition coefficient (Wildman–Crippen LogP) is 6.40. The third kappa shape index (κ3) is 20.9. The molecule has 0 aliphatic carbocycles. The highest BCUT2D eigenvalue weighted by Crippen LogP contribution is 2.26. The molecular formula is C16H40OSi2. The van der Waals surface area contributed by atoms with Gasteiger partial charge in [0.1, 0.15) is 0 Å². The summed E-state index contributed by atoms with van der Waals surface area (Å²) in [7, 11) is -2.11. The van der Waals surface area contributed by atoms with Gasteiger partial charge >= 0.3 is 0 Å². The van der Waals surface area contributed by atoms with Crippen LogP contribution in [0.2, 0.25) is 45.3 Å². The Hall–Kier alpha value is 0.394. The van der Waals surface area contributed by atoms with Crippen LogP contribution < -0.4 is 0 Å². The zero-order valence-corrected chi connectivity index (χ0v) is 17.8. The number of hydrogen-bond acceptors (Lipinski definition) is 1. The summed E-state index contributed by atoms with van der Waals surface area (Å²) >= 11 is 0. The van der Waals surface area contributed by atoms with Gasteiger partial charge in [0.05, 0.1) is 5.60 Å². The van der Waals surface area contributed by atoms with E-state index in [9.17, 15) is 0 Å². The van der Waals surface area contributed by atoms with E-state index in [0.29, 0.717) is 5.41 Å². The Bertz CT molecular complexity index is 227. The predicted molar refractivity (Wildman–Crippen MR) is 96.4 cm³/mol. The van der Waals surface area contributed by atoms with Crippen molar-refractivity contribution in [3.05, 3.63) is 0 Å². The minimum Gasteiger partial charge on any atom is -0.413 e. The maximum atomic E-state index is 5.91. The Morgan fingerprint density at radius 3 is 1.21 bits per heavy atom.